The van der Waals surface area contributed by atoms with Crippen LogP contribution in [0.1, 0.15) is 19.4 Å². The minimum absolute atomic E-state index is 0.0465. The van der Waals surface area contributed by atoms with Crippen molar-refractivity contribution in [3.05, 3.63) is 48.0 Å². The van der Waals surface area contributed by atoms with Crippen LogP contribution in [0.5, 0.6) is 5.75 Å². The molecular weight excluding hydrogens is 295 g/mol. The molecule has 0 aliphatic carbocycles. The molecule has 0 aliphatic rings. The van der Waals surface area contributed by atoms with Crippen molar-refractivity contribution in [2.75, 3.05) is 0 Å². The van der Waals surface area contributed by atoms with Crippen LogP contribution in [0, 0.1) is 0 Å². The van der Waals surface area contributed by atoms with Gasteiger partial charge in [0.05, 0.1) is 11.1 Å². The summed E-state index contributed by atoms with van der Waals surface area (Å²) in [6.45, 7) is 4.00. The molecule has 6 heteroatoms. The molecule has 1 heterocycles. The number of phenolic OH excluding ortho intramolecular Hbond substituents is 1. The summed E-state index contributed by atoms with van der Waals surface area (Å²) >= 11 is 0. The van der Waals surface area contributed by atoms with Crippen molar-refractivity contribution in [3.63, 3.8) is 0 Å². The monoisotopic (exact) mass is 309 g/mol. The smallest absolute Gasteiger partial charge is 0.416 e. The maximum absolute atomic E-state index is 12.7. The molecule has 0 unspecified atom stereocenters. The van der Waals surface area contributed by atoms with Crippen LogP contribution in [0.4, 0.5) is 13.2 Å². The molecule has 0 bridgehead atoms. The highest BCUT2D eigenvalue weighted by Gasteiger charge is 2.31. The first-order valence-electron chi connectivity index (χ1n) is 6.71. The molecule has 0 atom stereocenters. The van der Waals surface area contributed by atoms with Crippen LogP contribution in [0.3, 0.4) is 0 Å². The first-order chi connectivity index (χ1) is 10.4. The first-order valence-corrected chi connectivity index (χ1v) is 6.71. The molecular formula is C16H14F3NO2. The van der Waals surface area contributed by atoms with Crippen LogP contribution >= 0.6 is 0 Å². The van der Waals surface area contributed by atoms with Gasteiger partial charge in [-0.15, -0.1) is 0 Å². The molecule has 0 saturated heterocycles. The molecule has 22 heavy (non-hydrogen) atoms. The fourth-order valence-corrected chi connectivity index (χ4v) is 1.87. The number of hydrogen-bond acceptors (Lipinski definition) is 3. The topological polar surface area (TPSA) is 46.3 Å². The molecule has 0 spiro atoms. The molecule has 0 radical (unpaired) electrons. The molecule has 2 aromatic carbocycles. The van der Waals surface area contributed by atoms with Crippen LogP contribution < -0.4 is 0 Å². The summed E-state index contributed by atoms with van der Waals surface area (Å²) in [4.78, 5) is 4.07. The molecule has 116 valence electrons. The molecule has 0 amide bonds. The average molecular weight is 309 g/mol. The number of para-hydroxylation sites is 2. The Bertz CT molecular complexity index is 745. The van der Waals surface area contributed by atoms with E-state index in [4.69, 9.17) is 4.42 Å². The molecule has 0 fully saturated rings. The Labute approximate surface area is 125 Å². The van der Waals surface area contributed by atoms with Gasteiger partial charge in [0.15, 0.2) is 5.58 Å². The van der Waals surface area contributed by atoms with Gasteiger partial charge < -0.3 is 9.52 Å². The number of halogens is 3. The van der Waals surface area contributed by atoms with Crippen molar-refractivity contribution in [3.8, 4) is 17.2 Å². The van der Waals surface area contributed by atoms with Crippen LogP contribution in [-0.2, 0) is 6.18 Å². The highest BCUT2D eigenvalue weighted by atomic mass is 19.4. The van der Waals surface area contributed by atoms with Crippen LogP contribution in [0.2, 0.25) is 0 Å². The Kier molecular flexibility index (Phi) is 4.40. The van der Waals surface area contributed by atoms with Gasteiger partial charge in [0, 0.05) is 0 Å². The number of hydrogen-bond donors (Lipinski definition) is 1. The minimum Gasteiger partial charge on any atom is -0.507 e. The van der Waals surface area contributed by atoms with Gasteiger partial charge in [0.2, 0.25) is 5.89 Å². The predicted octanol–water partition coefficient (Wildman–Crippen LogP) is 5.25. The zero-order valence-corrected chi connectivity index (χ0v) is 12.0. The highest BCUT2D eigenvalue weighted by Crippen LogP contribution is 2.37. The Balaban J connectivity index is 0.000000847. The zero-order chi connectivity index (χ0) is 16.3. The second-order valence-electron chi connectivity index (χ2n) is 4.22. The summed E-state index contributed by atoms with van der Waals surface area (Å²) in [6.07, 6.45) is -4.49. The molecule has 0 aliphatic heterocycles. The fraction of sp³-hybridized carbons (Fsp3) is 0.188. The molecule has 0 saturated carbocycles. The average Bonchev–Trinajstić information content (AvgIpc) is 2.92. The summed E-state index contributed by atoms with van der Waals surface area (Å²) in [5.41, 5.74) is 0.00204. The summed E-state index contributed by atoms with van der Waals surface area (Å²) in [5, 5.41) is 9.71. The summed E-state index contributed by atoms with van der Waals surface area (Å²) in [7, 11) is 0. The van der Waals surface area contributed by atoms with Crippen molar-refractivity contribution in [2.45, 2.75) is 20.0 Å². The Morgan fingerprint density at radius 1 is 1.05 bits per heavy atom. The van der Waals surface area contributed by atoms with Gasteiger partial charge in [-0.2, -0.15) is 13.2 Å². The van der Waals surface area contributed by atoms with Crippen molar-refractivity contribution in [2.24, 2.45) is 0 Å². The van der Waals surface area contributed by atoms with Crippen molar-refractivity contribution in [1.82, 2.24) is 4.98 Å². The van der Waals surface area contributed by atoms with Gasteiger partial charge >= 0.3 is 6.18 Å². The van der Waals surface area contributed by atoms with Crippen molar-refractivity contribution in [1.29, 1.82) is 0 Å². The maximum Gasteiger partial charge on any atom is 0.416 e. The second-order valence-corrected chi connectivity index (χ2v) is 4.22. The Hall–Kier alpha value is -2.50. The lowest BCUT2D eigenvalue weighted by Crippen LogP contribution is -2.04. The standard InChI is InChI=1S/C14H8F3NO2.C2H6/c15-14(16,17)8-5-6-11(19)9(7-8)13-18-10-3-1-2-4-12(10)20-13;1-2/h1-7,19H;1-2H3. The van der Waals surface area contributed by atoms with E-state index < -0.39 is 11.7 Å². The molecule has 3 nitrogen and oxygen atoms in total. The van der Waals surface area contributed by atoms with Crippen molar-refractivity contribution >= 4 is 11.1 Å². The van der Waals surface area contributed by atoms with E-state index in [1.54, 1.807) is 24.3 Å². The molecule has 1 N–H and O–H groups in total. The highest BCUT2D eigenvalue weighted by molar-refractivity contribution is 5.77. The third-order valence-corrected chi connectivity index (χ3v) is 2.85. The van der Waals surface area contributed by atoms with Gasteiger partial charge in [0.25, 0.3) is 0 Å². The normalized spacial score (nSPS) is 11.1. The van der Waals surface area contributed by atoms with Crippen molar-refractivity contribution < 1.29 is 22.7 Å². The van der Waals surface area contributed by atoms with E-state index in [0.717, 1.165) is 18.2 Å². The zero-order valence-electron chi connectivity index (χ0n) is 12.0. The van der Waals surface area contributed by atoms with E-state index >= 15 is 0 Å². The number of fused-ring (bicyclic) bond motifs is 1. The predicted molar refractivity (Wildman–Crippen MR) is 77.5 cm³/mol. The van der Waals surface area contributed by atoms with E-state index in [9.17, 15) is 18.3 Å². The SMILES string of the molecule is CC.Oc1ccc(C(F)(F)F)cc1-c1nc2ccccc2o1. The lowest BCUT2D eigenvalue weighted by Gasteiger charge is -2.08. The minimum atomic E-state index is -4.49. The Morgan fingerprint density at radius 3 is 2.36 bits per heavy atom. The van der Waals surface area contributed by atoms with Gasteiger partial charge in [0.1, 0.15) is 11.3 Å². The third kappa shape index (κ3) is 3.05. The lowest BCUT2D eigenvalue weighted by molar-refractivity contribution is -0.137. The number of oxazole rings is 1. The number of benzene rings is 2. The van der Waals surface area contributed by atoms with Gasteiger partial charge in [-0.1, -0.05) is 26.0 Å². The number of phenols is 1. The Morgan fingerprint density at radius 2 is 1.73 bits per heavy atom. The maximum atomic E-state index is 12.7. The van der Waals surface area contributed by atoms with Gasteiger partial charge in [-0.3, -0.25) is 0 Å². The van der Waals surface area contributed by atoms with E-state index in [1.165, 1.54) is 0 Å². The van der Waals surface area contributed by atoms with E-state index in [0.29, 0.717) is 11.1 Å². The third-order valence-electron chi connectivity index (χ3n) is 2.85. The number of aromatic nitrogens is 1. The summed E-state index contributed by atoms with van der Waals surface area (Å²) in [5.74, 6) is -0.362. The largest absolute Gasteiger partial charge is 0.507 e. The second kappa shape index (κ2) is 6.09. The lowest BCUT2D eigenvalue weighted by atomic mass is 10.1. The van der Waals surface area contributed by atoms with E-state index in [1.807, 2.05) is 13.8 Å². The van der Waals surface area contributed by atoms with Crippen LogP contribution in [0.25, 0.3) is 22.6 Å². The van der Waals surface area contributed by atoms with Gasteiger partial charge in [-0.05, 0) is 30.3 Å². The summed E-state index contributed by atoms with van der Waals surface area (Å²) < 4.78 is 43.4. The summed E-state index contributed by atoms with van der Waals surface area (Å²) in [6, 6.07) is 9.39. The van der Waals surface area contributed by atoms with Crippen LogP contribution in [-0.4, -0.2) is 10.1 Å². The van der Waals surface area contributed by atoms with Gasteiger partial charge in [-0.25, -0.2) is 4.98 Å². The molecule has 3 rings (SSSR count). The first kappa shape index (κ1) is 15.9. The fourth-order valence-electron chi connectivity index (χ4n) is 1.87. The molecule has 1 aromatic heterocycles. The quantitative estimate of drug-likeness (QED) is 0.668. The molecule has 3 aromatic rings. The number of alkyl halides is 3. The van der Waals surface area contributed by atoms with Crippen LogP contribution in [0.15, 0.2) is 46.9 Å². The number of aromatic hydroxyl groups is 1. The van der Waals surface area contributed by atoms with E-state index in [2.05, 4.69) is 4.98 Å². The van der Waals surface area contributed by atoms with E-state index in [-0.39, 0.29) is 17.2 Å². The number of rotatable bonds is 1. The number of nitrogens with zero attached hydrogens (tertiary/aromatic N) is 1.